The van der Waals surface area contributed by atoms with Gasteiger partial charge in [-0.2, -0.15) is 4.31 Å². The van der Waals surface area contributed by atoms with E-state index in [2.05, 4.69) is 10.3 Å². The fourth-order valence-electron chi connectivity index (χ4n) is 3.21. The summed E-state index contributed by atoms with van der Waals surface area (Å²) in [7, 11) is -3.44. The molecule has 2 aromatic heterocycles. The number of thiophene rings is 1. The Balaban J connectivity index is 1.39. The second kappa shape index (κ2) is 8.11. The summed E-state index contributed by atoms with van der Waals surface area (Å²) >= 11 is 4.43. The van der Waals surface area contributed by atoms with Gasteiger partial charge in [0, 0.05) is 24.7 Å². The number of rotatable bonds is 5. The van der Waals surface area contributed by atoms with Crippen LogP contribution >= 0.6 is 34.4 Å². The zero-order chi connectivity index (χ0) is 19.7. The predicted octanol–water partition coefficient (Wildman–Crippen LogP) is 4.12. The number of thiazole rings is 1. The molecule has 0 unspecified atom stereocenters. The van der Waals surface area contributed by atoms with Crippen LogP contribution in [0.2, 0.25) is 0 Å². The highest BCUT2D eigenvalue weighted by molar-refractivity contribution is 8.00. The Morgan fingerprint density at radius 3 is 2.75 bits per heavy atom. The van der Waals surface area contributed by atoms with Crippen LogP contribution in [-0.4, -0.2) is 43.0 Å². The predicted molar refractivity (Wildman–Crippen MR) is 116 cm³/mol. The Morgan fingerprint density at radius 1 is 1.29 bits per heavy atom. The molecule has 1 aliphatic heterocycles. The average molecular weight is 454 g/mol. The van der Waals surface area contributed by atoms with E-state index in [-0.39, 0.29) is 11.8 Å². The highest BCUT2D eigenvalue weighted by atomic mass is 32.2. The summed E-state index contributed by atoms with van der Waals surface area (Å²) in [5, 5.41) is 4.74. The molecule has 10 heteroatoms. The topological polar surface area (TPSA) is 79.4 Å². The highest BCUT2D eigenvalue weighted by Crippen LogP contribution is 2.31. The van der Waals surface area contributed by atoms with Crippen molar-refractivity contribution in [2.75, 3.05) is 24.7 Å². The molecule has 1 aromatic carbocycles. The Morgan fingerprint density at radius 2 is 2.07 bits per heavy atom. The van der Waals surface area contributed by atoms with Crippen molar-refractivity contribution in [3.05, 3.63) is 35.7 Å². The lowest BCUT2D eigenvalue weighted by Crippen LogP contribution is -2.41. The SMILES string of the molecule is CSc1nc2ccc(NC(=O)C3CCN(S(=O)(=O)c4cccs4)CC3)cc2s1. The molecule has 0 radical (unpaired) electrons. The van der Waals surface area contributed by atoms with Crippen LogP contribution in [0, 0.1) is 5.92 Å². The summed E-state index contributed by atoms with van der Waals surface area (Å²) < 4.78 is 29.1. The number of piperidine rings is 1. The molecule has 1 N–H and O–H groups in total. The molecule has 0 bridgehead atoms. The molecule has 1 aliphatic rings. The smallest absolute Gasteiger partial charge is 0.252 e. The summed E-state index contributed by atoms with van der Waals surface area (Å²) in [6, 6.07) is 9.08. The van der Waals surface area contributed by atoms with E-state index < -0.39 is 10.0 Å². The number of nitrogens with one attached hydrogen (secondary N) is 1. The molecule has 4 rings (SSSR count). The number of hydrogen-bond donors (Lipinski definition) is 1. The first kappa shape index (κ1) is 19.8. The molecule has 0 aliphatic carbocycles. The number of amides is 1. The van der Waals surface area contributed by atoms with Gasteiger partial charge in [0.25, 0.3) is 10.0 Å². The van der Waals surface area contributed by atoms with E-state index in [0.29, 0.717) is 30.1 Å². The van der Waals surface area contributed by atoms with Gasteiger partial charge in [-0.3, -0.25) is 4.79 Å². The molecule has 0 saturated carbocycles. The number of hydrogen-bond acceptors (Lipinski definition) is 7. The van der Waals surface area contributed by atoms with Gasteiger partial charge in [-0.25, -0.2) is 13.4 Å². The first-order chi connectivity index (χ1) is 13.5. The van der Waals surface area contributed by atoms with Gasteiger partial charge < -0.3 is 5.32 Å². The minimum atomic E-state index is -3.44. The van der Waals surface area contributed by atoms with Crippen LogP contribution in [-0.2, 0) is 14.8 Å². The molecule has 0 atom stereocenters. The van der Waals surface area contributed by atoms with E-state index in [0.717, 1.165) is 20.2 Å². The van der Waals surface area contributed by atoms with Gasteiger partial charge in [0.05, 0.1) is 10.2 Å². The van der Waals surface area contributed by atoms with Crippen molar-refractivity contribution in [1.29, 1.82) is 0 Å². The van der Waals surface area contributed by atoms with Gasteiger partial charge >= 0.3 is 0 Å². The fourth-order valence-corrected chi connectivity index (χ4v) is 7.35. The second-order valence-electron chi connectivity index (χ2n) is 6.47. The number of nitrogens with zero attached hydrogens (tertiary/aromatic N) is 2. The number of fused-ring (bicyclic) bond motifs is 1. The van der Waals surface area contributed by atoms with Crippen LogP contribution in [0.4, 0.5) is 5.69 Å². The lowest BCUT2D eigenvalue weighted by molar-refractivity contribution is -0.120. The fraction of sp³-hybridized carbons (Fsp3) is 0.333. The molecular formula is C18H19N3O3S4. The zero-order valence-electron chi connectivity index (χ0n) is 15.1. The maximum Gasteiger partial charge on any atom is 0.252 e. The summed E-state index contributed by atoms with van der Waals surface area (Å²) in [5.41, 5.74) is 1.68. The van der Waals surface area contributed by atoms with E-state index in [1.54, 1.807) is 40.6 Å². The van der Waals surface area contributed by atoms with E-state index in [1.165, 1.54) is 15.6 Å². The van der Waals surface area contributed by atoms with E-state index in [9.17, 15) is 13.2 Å². The number of thioether (sulfide) groups is 1. The summed E-state index contributed by atoms with van der Waals surface area (Å²) in [6.07, 6.45) is 3.04. The Bertz CT molecular complexity index is 1080. The number of aromatic nitrogens is 1. The molecule has 3 aromatic rings. The van der Waals surface area contributed by atoms with Crippen molar-refractivity contribution in [2.24, 2.45) is 5.92 Å². The van der Waals surface area contributed by atoms with Crippen LogP contribution < -0.4 is 5.32 Å². The van der Waals surface area contributed by atoms with Gasteiger partial charge in [0.2, 0.25) is 5.91 Å². The van der Waals surface area contributed by atoms with Crippen molar-refractivity contribution in [3.63, 3.8) is 0 Å². The Kier molecular flexibility index (Phi) is 5.75. The first-order valence-corrected chi connectivity index (χ1v) is 13.1. The average Bonchev–Trinajstić information content (AvgIpc) is 3.37. The van der Waals surface area contributed by atoms with Crippen molar-refractivity contribution in [3.8, 4) is 0 Å². The van der Waals surface area contributed by atoms with E-state index in [4.69, 9.17) is 0 Å². The van der Waals surface area contributed by atoms with Crippen molar-refractivity contribution in [2.45, 2.75) is 21.4 Å². The van der Waals surface area contributed by atoms with Crippen LogP contribution in [0.15, 0.2) is 44.3 Å². The second-order valence-corrected chi connectivity index (χ2v) is 11.7. The van der Waals surface area contributed by atoms with Gasteiger partial charge in [-0.1, -0.05) is 17.8 Å². The van der Waals surface area contributed by atoms with Crippen molar-refractivity contribution < 1.29 is 13.2 Å². The number of benzene rings is 1. The summed E-state index contributed by atoms with van der Waals surface area (Å²) in [5.74, 6) is -0.240. The lowest BCUT2D eigenvalue weighted by Gasteiger charge is -2.30. The van der Waals surface area contributed by atoms with Gasteiger partial charge in [0.1, 0.15) is 4.21 Å². The highest BCUT2D eigenvalue weighted by Gasteiger charge is 2.32. The molecule has 1 amide bonds. The Labute approximate surface area is 176 Å². The quantitative estimate of drug-likeness (QED) is 0.588. The number of carbonyl (C=O) groups is 1. The third-order valence-corrected chi connectivity index (χ3v) is 10.00. The number of carbonyl (C=O) groups excluding carboxylic acids is 1. The third-order valence-electron chi connectivity index (χ3n) is 4.72. The minimum Gasteiger partial charge on any atom is -0.326 e. The van der Waals surface area contributed by atoms with Crippen LogP contribution in [0.1, 0.15) is 12.8 Å². The van der Waals surface area contributed by atoms with Gasteiger partial charge in [-0.05, 0) is 48.7 Å². The molecule has 0 spiro atoms. The van der Waals surface area contributed by atoms with Crippen LogP contribution in [0.25, 0.3) is 10.2 Å². The molecule has 28 heavy (non-hydrogen) atoms. The van der Waals surface area contributed by atoms with Crippen molar-refractivity contribution in [1.82, 2.24) is 9.29 Å². The minimum absolute atomic E-state index is 0.0536. The normalized spacial score (nSPS) is 16.5. The van der Waals surface area contributed by atoms with E-state index >= 15 is 0 Å². The largest absolute Gasteiger partial charge is 0.326 e. The third kappa shape index (κ3) is 3.97. The van der Waals surface area contributed by atoms with Gasteiger partial charge in [-0.15, -0.1) is 22.7 Å². The van der Waals surface area contributed by atoms with Gasteiger partial charge in [0.15, 0.2) is 4.34 Å². The molecule has 3 heterocycles. The molecule has 148 valence electrons. The first-order valence-electron chi connectivity index (χ1n) is 8.76. The van der Waals surface area contributed by atoms with E-state index in [1.807, 2.05) is 24.5 Å². The zero-order valence-corrected chi connectivity index (χ0v) is 18.4. The molecular weight excluding hydrogens is 434 g/mol. The van der Waals surface area contributed by atoms with Crippen LogP contribution in [0.3, 0.4) is 0 Å². The summed E-state index contributed by atoms with van der Waals surface area (Å²) in [4.78, 5) is 17.2. The molecule has 6 nitrogen and oxygen atoms in total. The Hall–Kier alpha value is -1.46. The van der Waals surface area contributed by atoms with Crippen LogP contribution in [0.5, 0.6) is 0 Å². The molecule has 1 fully saturated rings. The standard InChI is InChI=1S/C18H19N3O3S4/c1-25-18-20-14-5-4-13(11-15(14)27-18)19-17(22)12-6-8-21(9-7-12)28(23,24)16-3-2-10-26-16/h2-5,10-12H,6-9H2,1H3,(H,19,22). The lowest BCUT2D eigenvalue weighted by atomic mass is 9.97. The van der Waals surface area contributed by atoms with Crippen molar-refractivity contribution >= 4 is 66.3 Å². The summed E-state index contributed by atoms with van der Waals surface area (Å²) in [6.45, 7) is 0.729. The number of anilines is 1. The monoisotopic (exact) mass is 453 g/mol. The maximum absolute atomic E-state index is 12.7. The maximum atomic E-state index is 12.7. The number of sulfonamides is 1. The molecule has 1 saturated heterocycles.